The zero-order chi connectivity index (χ0) is 18.5. The molecule has 0 saturated carbocycles. The number of ether oxygens (including phenoxy) is 2. The lowest BCUT2D eigenvalue weighted by Crippen LogP contribution is -2.20. The van der Waals surface area contributed by atoms with Crippen molar-refractivity contribution in [1.29, 1.82) is 0 Å². The number of benzene rings is 2. The van der Waals surface area contributed by atoms with Gasteiger partial charge in [-0.2, -0.15) is 0 Å². The normalized spacial score (nSPS) is 10.5. The van der Waals surface area contributed by atoms with Gasteiger partial charge in [0.2, 0.25) is 5.76 Å². The first kappa shape index (κ1) is 17.8. The van der Waals surface area contributed by atoms with E-state index >= 15 is 0 Å². The first-order valence-electron chi connectivity index (χ1n) is 7.94. The molecule has 0 radical (unpaired) electrons. The van der Waals surface area contributed by atoms with Gasteiger partial charge in [0.25, 0.3) is 5.91 Å². The van der Waals surface area contributed by atoms with Gasteiger partial charge in [-0.3, -0.25) is 4.79 Å². The van der Waals surface area contributed by atoms with Gasteiger partial charge < -0.3 is 19.2 Å². The molecule has 134 valence electrons. The highest BCUT2D eigenvalue weighted by Crippen LogP contribution is 2.23. The molecule has 6 nitrogen and oxygen atoms in total. The van der Waals surface area contributed by atoms with E-state index in [1.54, 1.807) is 42.5 Å². The van der Waals surface area contributed by atoms with Gasteiger partial charge >= 0.3 is 5.97 Å². The van der Waals surface area contributed by atoms with E-state index in [2.05, 4.69) is 5.32 Å². The summed E-state index contributed by atoms with van der Waals surface area (Å²) in [7, 11) is 0. The summed E-state index contributed by atoms with van der Waals surface area (Å²) >= 11 is 5.90. The van der Waals surface area contributed by atoms with Gasteiger partial charge in [-0.15, -0.1) is 0 Å². The minimum atomic E-state index is -0.723. The summed E-state index contributed by atoms with van der Waals surface area (Å²) in [6.07, 6.45) is 0. The minimum absolute atomic E-state index is 0.0103. The number of carbonyl (C=O) groups is 2. The quantitative estimate of drug-likeness (QED) is 0.652. The Hall–Kier alpha value is -2.99. The van der Waals surface area contributed by atoms with Crippen molar-refractivity contribution >= 4 is 40.1 Å². The molecular weight excluding hydrogens is 358 g/mol. The van der Waals surface area contributed by atoms with Crippen molar-refractivity contribution in [2.24, 2.45) is 0 Å². The van der Waals surface area contributed by atoms with Crippen LogP contribution in [-0.2, 0) is 9.53 Å². The molecule has 0 unspecified atom stereocenters. The summed E-state index contributed by atoms with van der Waals surface area (Å²) in [6, 6.07) is 13.4. The molecule has 0 saturated heterocycles. The second kappa shape index (κ2) is 7.93. The van der Waals surface area contributed by atoms with Gasteiger partial charge in [0.15, 0.2) is 6.61 Å². The topological polar surface area (TPSA) is 77.8 Å². The summed E-state index contributed by atoms with van der Waals surface area (Å²) in [5, 5.41) is 3.85. The third-order valence-corrected chi connectivity index (χ3v) is 3.70. The summed E-state index contributed by atoms with van der Waals surface area (Å²) in [5.74, 6) is -0.459. The lowest BCUT2D eigenvalue weighted by molar-refractivity contribution is -0.119. The predicted octanol–water partition coefficient (Wildman–Crippen LogP) is 4.28. The highest BCUT2D eigenvalue weighted by atomic mass is 35.5. The van der Waals surface area contributed by atoms with Gasteiger partial charge in [0.1, 0.15) is 11.3 Å². The van der Waals surface area contributed by atoms with Crippen molar-refractivity contribution in [3.63, 3.8) is 0 Å². The highest BCUT2D eigenvalue weighted by Gasteiger charge is 2.15. The van der Waals surface area contributed by atoms with Crippen LogP contribution in [0.2, 0.25) is 5.02 Å². The Morgan fingerprint density at radius 2 is 1.88 bits per heavy atom. The molecule has 0 aliphatic rings. The van der Waals surface area contributed by atoms with Crippen LogP contribution in [-0.4, -0.2) is 25.1 Å². The third kappa shape index (κ3) is 4.34. The van der Waals surface area contributed by atoms with Crippen LogP contribution in [0.25, 0.3) is 11.0 Å². The van der Waals surface area contributed by atoms with Crippen molar-refractivity contribution in [2.75, 3.05) is 18.5 Å². The second-order valence-corrected chi connectivity index (χ2v) is 5.81. The standard InChI is InChI=1S/C19H16ClNO5/c1-2-24-15-6-4-14(5-7-15)21-18(22)11-25-19(23)17-10-12-9-13(20)3-8-16(12)26-17/h3-10H,2,11H2,1H3,(H,21,22). The number of fused-ring (bicyclic) bond motifs is 1. The number of hydrogen-bond acceptors (Lipinski definition) is 5. The zero-order valence-corrected chi connectivity index (χ0v) is 14.7. The van der Waals surface area contributed by atoms with E-state index in [9.17, 15) is 9.59 Å². The Bertz CT molecular complexity index is 933. The monoisotopic (exact) mass is 373 g/mol. The number of furan rings is 1. The molecule has 2 aromatic carbocycles. The molecule has 1 aromatic heterocycles. The molecule has 3 aromatic rings. The molecule has 1 N–H and O–H groups in total. The molecule has 1 heterocycles. The number of anilines is 1. The Balaban J connectivity index is 1.55. The molecule has 3 rings (SSSR count). The third-order valence-electron chi connectivity index (χ3n) is 3.46. The first-order valence-corrected chi connectivity index (χ1v) is 8.32. The molecule has 26 heavy (non-hydrogen) atoms. The Morgan fingerprint density at radius 1 is 1.12 bits per heavy atom. The lowest BCUT2D eigenvalue weighted by atomic mass is 10.2. The molecule has 0 aliphatic carbocycles. The lowest BCUT2D eigenvalue weighted by Gasteiger charge is -2.07. The Morgan fingerprint density at radius 3 is 2.62 bits per heavy atom. The van der Waals surface area contributed by atoms with Gasteiger partial charge in [-0.1, -0.05) is 11.6 Å². The van der Waals surface area contributed by atoms with Crippen LogP contribution in [0.1, 0.15) is 17.5 Å². The number of hydrogen-bond donors (Lipinski definition) is 1. The molecular formula is C19H16ClNO5. The number of halogens is 1. The van der Waals surface area contributed by atoms with Crippen molar-refractivity contribution in [3.05, 3.63) is 59.3 Å². The summed E-state index contributed by atoms with van der Waals surface area (Å²) < 4.78 is 15.7. The van der Waals surface area contributed by atoms with Crippen LogP contribution in [0, 0.1) is 0 Å². The van der Waals surface area contributed by atoms with Crippen LogP contribution in [0.3, 0.4) is 0 Å². The zero-order valence-electron chi connectivity index (χ0n) is 14.0. The van der Waals surface area contributed by atoms with E-state index in [-0.39, 0.29) is 5.76 Å². The predicted molar refractivity (Wildman–Crippen MR) is 97.7 cm³/mol. The molecule has 1 amide bonds. The van der Waals surface area contributed by atoms with E-state index < -0.39 is 18.5 Å². The van der Waals surface area contributed by atoms with E-state index in [4.69, 9.17) is 25.5 Å². The summed E-state index contributed by atoms with van der Waals surface area (Å²) in [4.78, 5) is 23.9. The van der Waals surface area contributed by atoms with Crippen molar-refractivity contribution < 1.29 is 23.5 Å². The number of carbonyl (C=O) groups excluding carboxylic acids is 2. The number of amides is 1. The van der Waals surface area contributed by atoms with E-state index in [1.807, 2.05) is 6.92 Å². The van der Waals surface area contributed by atoms with Crippen LogP contribution in [0.15, 0.2) is 52.9 Å². The van der Waals surface area contributed by atoms with Crippen LogP contribution in [0.4, 0.5) is 5.69 Å². The van der Waals surface area contributed by atoms with Gasteiger partial charge in [0.05, 0.1) is 6.61 Å². The number of esters is 1. The smallest absolute Gasteiger partial charge is 0.374 e. The van der Waals surface area contributed by atoms with E-state index in [1.165, 1.54) is 6.07 Å². The molecule has 7 heteroatoms. The van der Waals surface area contributed by atoms with Gasteiger partial charge in [0, 0.05) is 16.1 Å². The number of rotatable bonds is 6. The minimum Gasteiger partial charge on any atom is -0.494 e. The fraction of sp³-hybridized carbons (Fsp3) is 0.158. The molecule has 0 spiro atoms. The van der Waals surface area contributed by atoms with Crippen molar-refractivity contribution in [1.82, 2.24) is 0 Å². The maximum atomic E-state index is 12.0. The SMILES string of the molecule is CCOc1ccc(NC(=O)COC(=O)c2cc3cc(Cl)ccc3o2)cc1. The van der Waals surface area contributed by atoms with E-state index in [0.717, 1.165) is 0 Å². The average Bonchev–Trinajstić information content (AvgIpc) is 3.05. The summed E-state index contributed by atoms with van der Waals surface area (Å²) in [5.41, 5.74) is 1.09. The molecule has 0 bridgehead atoms. The van der Waals surface area contributed by atoms with Crippen molar-refractivity contribution in [3.8, 4) is 5.75 Å². The Labute approximate surface area is 154 Å². The molecule has 0 atom stereocenters. The highest BCUT2D eigenvalue weighted by molar-refractivity contribution is 6.31. The fourth-order valence-electron chi connectivity index (χ4n) is 2.32. The number of nitrogens with one attached hydrogen (secondary N) is 1. The average molecular weight is 374 g/mol. The van der Waals surface area contributed by atoms with Gasteiger partial charge in [-0.05, 0) is 55.5 Å². The fourth-order valence-corrected chi connectivity index (χ4v) is 2.50. The second-order valence-electron chi connectivity index (χ2n) is 5.37. The summed E-state index contributed by atoms with van der Waals surface area (Å²) in [6.45, 7) is 2.03. The largest absolute Gasteiger partial charge is 0.494 e. The van der Waals surface area contributed by atoms with E-state index in [0.29, 0.717) is 34.0 Å². The first-order chi connectivity index (χ1) is 12.5. The maximum Gasteiger partial charge on any atom is 0.374 e. The van der Waals surface area contributed by atoms with Crippen LogP contribution >= 0.6 is 11.6 Å². The van der Waals surface area contributed by atoms with Crippen LogP contribution < -0.4 is 10.1 Å². The van der Waals surface area contributed by atoms with Crippen molar-refractivity contribution in [2.45, 2.75) is 6.92 Å². The maximum absolute atomic E-state index is 12.0. The Kier molecular flexibility index (Phi) is 5.43. The van der Waals surface area contributed by atoms with Crippen LogP contribution in [0.5, 0.6) is 5.75 Å². The van der Waals surface area contributed by atoms with Gasteiger partial charge in [-0.25, -0.2) is 4.79 Å². The molecule has 0 aliphatic heterocycles. The molecule has 0 fully saturated rings.